The van der Waals surface area contributed by atoms with E-state index in [1.165, 1.54) is 43.2 Å². The van der Waals surface area contributed by atoms with Crippen LogP contribution in [0.1, 0.15) is 65.7 Å². The summed E-state index contributed by atoms with van der Waals surface area (Å²) < 4.78 is 34.4. The number of carbonyl (C=O) groups excluding carboxylic acids is 1. The SMILES string of the molecule is COc1ccc(S(=O)(=O)N[C@H](C)c2ccc3c(c2)CCCC3)cc1C(=O)N1CCCC1. The van der Waals surface area contributed by atoms with E-state index in [0.29, 0.717) is 18.8 Å². The van der Waals surface area contributed by atoms with Crippen LogP contribution in [-0.2, 0) is 22.9 Å². The summed E-state index contributed by atoms with van der Waals surface area (Å²) in [5, 5.41) is 0. The summed E-state index contributed by atoms with van der Waals surface area (Å²) in [5.74, 6) is 0.202. The molecule has 0 saturated carbocycles. The lowest BCUT2D eigenvalue weighted by atomic mass is 9.89. The fourth-order valence-electron chi connectivity index (χ4n) is 4.50. The van der Waals surface area contributed by atoms with Crippen molar-refractivity contribution in [3.63, 3.8) is 0 Å². The van der Waals surface area contributed by atoms with E-state index in [4.69, 9.17) is 4.74 Å². The van der Waals surface area contributed by atoms with E-state index in [2.05, 4.69) is 16.9 Å². The van der Waals surface area contributed by atoms with E-state index in [1.807, 2.05) is 13.0 Å². The van der Waals surface area contributed by atoms with Gasteiger partial charge in [-0.2, -0.15) is 0 Å². The minimum atomic E-state index is -3.81. The van der Waals surface area contributed by atoms with Crippen LogP contribution in [0.5, 0.6) is 5.75 Å². The quantitative estimate of drug-likeness (QED) is 0.737. The van der Waals surface area contributed by atoms with E-state index in [0.717, 1.165) is 31.2 Å². The zero-order valence-corrected chi connectivity index (χ0v) is 19.0. The van der Waals surface area contributed by atoms with Crippen LogP contribution in [0.3, 0.4) is 0 Å². The topological polar surface area (TPSA) is 75.7 Å². The van der Waals surface area contributed by atoms with Gasteiger partial charge >= 0.3 is 0 Å². The van der Waals surface area contributed by atoms with Crippen molar-refractivity contribution in [3.8, 4) is 5.75 Å². The van der Waals surface area contributed by atoms with Crippen molar-refractivity contribution in [2.45, 2.75) is 56.4 Å². The standard InChI is InChI=1S/C24H30N2O4S/c1-17(19-10-9-18-7-3-4-8-20(18)15-19)25-31(28,29)21-11-12-23(30-2)22(16-21)24(27)26-13-5-6-14-26/h9-12,15-17,25H,3-8,13-14H2,1-2H3/t17-/m1/s1. The lowest BCUT2D eigenvalue weighted by Crippen LogP contribution is -2.29. The number of benzene rings is 2. The largest absolute Gasteiger partial charge is 0.496 e. The second kappa shape index (κ2) is 9.01. The van der Waals surface area contributed by atoms with E-state index < -0.39 is 10.0 Å². The molecule has 1 fully saturated rings. The highest BCUT2D eigenvalue weighted by atomic mass is 32.2. The zero-order valence-electron chi connectivity index (χ0n) is 18.2. The van der Waals surface area contributed by atoms with Crippen molar-refractivity contribution in [2.24, 2.45) is 0 Å². The summed E-state index contributed by atoms with van der Waals surface area (Å²) >= 11 is 0. The number of ether oxygens (including phenoxy) is 1. The highest BCUT2D eigenvalue weighted by molar-refractivity contribution is 7.89. The summed E-state index contributed by atoms with van der Waals surface area (Å²) in [6, 6.07) is 10.3. The molecule has 1 N–H and O–H groups in total. The Kier molecular flexibility index (Phi) is 6.34. The van der Waals surface area contributed by atoms with Crippen LogP contribution in [0.15, 0.2) is 41.3 Å². The van der Waals surface area contributed by atoms with Crippen LogP contribution in [0.2, 0.25) is 0 Å². The Morgan fingerprint density at radius 2 is 1.71 bits per heavy atom. The zero-order chi connectivity index (χ0) is 22.0. The first-order chi connectivity index (χ1) is 14.9. The molecule has 0 bridgehead atoms. The van der Waals surface area contributed by atoms with E-state index in [1.54, 1.807) is 11.0 Å². The van der Waals surface area contributed by atoms with E-state index >= 15 is 0 Å². The predicted octanol–water partition coefficient (Wildman–Crippen LogP) is 3.85. The average molecular weight is 443 g/mol. The van der Waals surface area contributed by atoms with Gasteiger partial charge in [-0.05, 0) is 80.3 Å². The highest BCUT2D eigenvalue weighted by Crippen LogP contribution is 2.28. The minimum absolute atomic E-state index is 0.0701. The normalized spacial score (nSPS) is 17.3. The molecule has 2 aromatic rings. The number of fused-ring (bicyclic) bond motifs is 1. The van der Waals surface area contributed by atoms with Gasteiger partial charge in [-0.3, -0.25) is 4.79 Å². The van der Waals surface area contributed by atoms with E-state index in [-0.39, 0.29) is 22.4 Å². The number of sulfonamides is 1. The first kappa shape index (κ1) is 21.8. The lowest BCUT2D eigenvalue weighted by molar-refractivity contribution is 0.0789. The van der Waals surface area contributed by atoms with Crippen LogP contribution in [0.25, 0.3) is 0 Å². The maximum Gasteiger partial charge on any atom is 0.257 e. The van der Waals surface area contributed by atoms with Gasteiger partial charge in [0.15, 0.2) is 0 Å². The molecule has 0 spiro atoms. The Bertz CT molecular complexity index is 1070. The lowest BCUT2D eigenvalue weighted by Gasteiger charge is -2.21. The van der Waals surface area contributed by atoms with Gasteiger partial charge in [0.1, 0.15) is 5.75 Å². The number of hydrogen-bond donors (Lipinski definition) is 1. The van der Waals surface area contributed by atoms with Crippen molar-refractivity contribution in [3.05, 3.63) is 58.7 Å². The Balaban J connectivity index is 1.58. The summed E-state index contributed by atoms with van der Waals surface area (Å²) in [6.45, 7) is 3.22. The highest BCUT2D eigenvalue weighted by Gasteiger charge is 2.26. The second-order valence-corrected chi connectivity index (χ2v) is 10.2. The molecule has 0 aromatic heterocycles. The second-order valence-electron chi connectivity index (χ2n) is 8.44. The number of rotatable bonds is 6. The van der Waals surface area contributed by atoms with Crippen LogP contribution in [0.4, 0.5) is 0 Å². The molecular weight excluding hydrogens is 412 g/mol. The molecule has 1 aliphatic carbocycles. The summed E-state index contributed by atoms with van der Waals surface area (Å²) in [5.41, 5.74) is 3.92. The van der Waals surface area contributed by atoms with Gasteiger partial charge in [0.05, 0.1) is 17.6 Å². The number of carbonyl (C=O) groups is 1. The number of aryl methyl sites for hydroxylation is 2. The first-order valence-corrected chi connectivity index (χ1v) is 12.5. The molecule has 4 rings (SSSR count). The van der Waals surface area contributed by atoms with E-state index in [9.17, 15) is 13.2 Å². The maximum atomic E-state index is 13.1. The Morgan fingerprint density at radius 1 is 1.00 bits per heavy atom. The Morgan fingerprint density at radius 3 is 2.42 bits per heavy atom. The molecule has 6 nitrogen and oxygen atoms in total. The number of amides is 1. The van der Waals surface area contributed by atoms with Crippen molar-refractivity contribution >= 4 is 15.9 Å². The Hall–Kier alpha value is -2.38. The number of nitrogens with one attached hydrogen (secondary N) is 1. The van der Waals surface area contributed by atoms with Crippen molar-refractivity contribution in [1.29, 1.82) is 0 Å². The van der Waals surface area contributed by atoms with Crippen molar-refractivity contribution < 1.29 is 17.9 Å². The van der Waals surface area contributed by atoms with Gasteiger partial charge < -0.3 is 9.64 Å². The van der Waals surface area contributed by atoms with Crippen LogP contribution < -0.4 is 9.46 Å². The third-order valence-electron chi connectivity index (χ3n) is 6.31. The van der Waals surface area contributed by atoms with Crippen LogP contribution >= 0.6 is 0 Å². The molecule has 0 radical (unpaired) electrons. The number of methoxy groups -OCH3 is 1. The van der Waals surface area contributed by atoms with Gasteiger partial charge in [-0.25, -0.2) is 13.1 Å². The van der Waals surface area contributed by atoms with Gasteiger partial charge in [-0.15, -0.1) is 0 Å². The summed E-state index contributed by atoms with van der Waals surface area (Å²) in [4.78, 5) is 14.7. The summed E-state index contributed by atoms with van der Waals surface area (Å²) in [7, 11) is -2.32. The maximum absolute atomic E-state index is 13.1. The predicted molar refractivity (Wildman–Crippen MR) is 120 cm³/mol. The number of hydrogen-bond acceptors (Lipinski definition) is 4. The monoisotopic (exact) mass is 442 g/mol. The summed E-state index contributed by atoms with van der Waals surface area (Å²) in [6.07, 6.45) is 6.46. The molecule has 166 valence electrons. The molecule has 1 aliphatic heterocycles. The Labute approximate surface area is 184 Å². The molecule has 7 heteroatoms. The minimum Gasteiger partial charge on any atom is -0.496 e. The van der Waals surface area contributed by atoms with Crippen LogP contribution in [-0.4, -0.2) is 39.4 Å². The molecule has 2 aromatic carbocycles. The third kappa shape index (κ3) is 4.62. The molecular formula is C24H30N2O4S. The molecule has 0 unspecified atom stereocenters. The van der Waals surface area contributed by atoms with Gasteiger partial charge in [-0.1, -0.05) is 18.2 Å². The molecule has 2 aliphatic rings. The molecule has 31 heavy (non-hydrogen) atoms. The fraction of sp³-hybridized carbons (Fsp3) is 0.458. The number of nitrogens with zero attached hydrogens (tertiary/aromatic N) is 1. The molecule has 1 amide bonds. The van der Waals surface area contributed by atoms with Gasteiger partial charge in [0.2, 0.25) is 10.0 Å². The third-order valence-corrected chi connectivity index (χ3v) is 7.85. The molecule has 1 atom stereocenters. The molecule has 1 saturated heterocycles. The van der Waals surface area contributed by atoms with Crippen LogP contribution in [0, 0.1) is 0 Å². The van der Waals surface area contributed by atoms with Gasteiger partial charge in [0.25, 0.3) is 5.91 Å². The van der Waals surface area contributed by atoms with Crippen molar-refractivity contribution in [1.82, 2.24) is 9.62 Å². The van der Waals surface area contributed by atoms with Crippen molar-refractivity contribution in [2.75, 3.05) is 20.2 Å². The average Bonchev–Trinajstić information content (AvgIpc) is 3.32. The first-order valence-electron chi connectivity index (χ1n) is 11.0. The smallest absolute Gasteiger partial charge is 0.257 e. The number of likely N-dealkylation sites (tertiary alicyclic amines) is 1. The van der Waals surface area contributed by atoms with Gasteiger partial charge in [0, 0.05) is 19.1 Å². The fourth-order valence-corrected chi connectivity index (χ4v) is 5.76. The molecule has 1 heterocycles.